The van der Waals surface area contributed by atoms with E-state index in [1.54, 1.807) is 0 Å². The van der Waals surface area contributed by atoms with E-state index in [1.165, 1.54) is 12.0 Å². The summed E-state index contributed by atoms with van der Waals surface area (Å²) in [5, 5.41) is 4.34. The molecule has 1 saturated heterocycles. The van der Waals surface area contributed by atoms with Gasteiger partial charge in [-0.2, -0.15) is 5.10 Å². The molecule has 1 aliphatic rings. The molecular formula is C12H22N4. The van der Waals surface area contributed by atoms with E-state index in [0.29, 0.717) is 6.04 Å². The largest absolute Gasteiger partial charge is 0.326 e. The van der Waals surface area contributed by atoms with Crippen LogP contribution in [0.4, 0.5) is 0 Å². The zero-order chi connectivity index (χ0) is 11.5. The zero-order valence-electron chi connectivity index (χ0n) is 10.3. The molecule has 0 spiro atoms. The van der Waals surface area contributed by atoms with Crippen molar-refractivity contribution in [3.8, 4) is 0 Å². The molecule has 0 aliphatic carbocycles. The quantitative estimate of drug-likeness (QED) is 0.837. The van der Waals surface area contributed by atoms with Crippen molar-refractivity contribution in [3.05, 3.63) is 18.0 Å². The van der Waals surface area contributed by atoms with Crippen LogP contribution in [0.1, 0.15) is 38.3 Å². The lowest BCUT2D eigenvalue weighted by Gasteiger charge is -2.25. The second-order valence-corrected chi connectivity index (χ2v) is 4.56. The third kappa shape index (κ3) is 2.13. The molecule has 1 aliphatic heterocycles. The fourth-order valence-corrected chi connectivity index (χ4v) is 2.58. The first-order valence-corrected chi connectivity index (χ1v) is 6.28. The summed E-state index contributed by atoms with van der Waals surface area (Å²) in [7, 11) is 0. The summed E-state index contributed by atoms with van der Waals surface area (Å²) in [5.41, 5.74) is 7.48. The minimum Gasteiger partial charge on any atom is -0.326 e. The van der Waals surface area contributed by atoms with Crippen LogP contribution < -0.4 is 5.73 Å². The molecule has 0 radical (unpaired) electrons. The predicted molar refractivity (Wildman–Crippen MR) is 65.1 cm³/mol. The van der Waals surface area contributed by atoms with E-state index in [-0.39, 0.29) is 6.04 Å². The van der Waals surface area contributed by atoms with Crippen LogP contribution in [-0.2, 0) is 6.54 Å². The van der Waals surface area contributed by atoms with Gasteiger partial charge in [0.2, 0.25) is 0 Å². The summed E-state index contributed by atoms with van der Waals surface area (Å²) in [6.07, 6.45) is 6.40. The molecule has 0 amide bonds. The summed E-state index contributed by atoms with van der Waals surface area (Å²) >= 11 is 0. The van der Waals surface area contributed by atoms with Gasteiger partial charge in [0.15, 0.2) is 0 Å². The number of nitrogens with zero attached hydrogens (tertiary/aromatic N) is 3. The molecule has 2 atom stereocenters. The molecular weight excluding hydrogens is 200 g/mol. The van der Waals surface area contributed by atoms with Gasteiger partial charge in [0.05, 0.1) is 12.2 Å². The van der Waals surface area contributed by atoms with Crippen LogP contribution in [0.5, 0.6) is 0 Å². The van der Waals surface area contributed by atoms with Gasteiger partial charge in [-0.15, -0.1) is 0 Å². The van der Waals surface area contributed by atoms with Crippen molar-refractivity contribution in [2.75, 3.05) is 13.1 Å². The molecule has 0 saturated carbocycles. The summed E-state index contributed by atoms with van der Waals surface area (Å²) in [6.45, 7) is 7.51. The highest BCUT2D eigenvalue weighted by molar-refractivity contribution is 5.15. The van der Waals surface area contributed by atoms with Crippen LogP contribution in [0, 0.1) is 0 Å². The Balaban J connectivity index is 2.15. The van der Waals surface area contributed by atoms with Crippen LogP contribution in [0.15, 0.2) is 12.4 Å². The Labute approximate surface area is 97.4 Å². The maximum atomic E-state index is 6.20. The first-order valence-electron chi connectivity index (χ1n) is 6.28. The van der Waals surface area contributed by atoms with E-state index in [9.17, 15) is 0 Å². The molecule has 16 heavy (non-hydrogen) atoms. The van der Waals surface area contributed by atoms with E-state index in [0.717, 1.165) is 26.1 Å². The topological polar surface area (TPSA) is 47.1 Å². The van der Waals surface area contributed by atoms with Gasteiger partial charge in [0.1, 0.15) is 0 Å². The van der Waals surface area contributed by atoms with Crippen LogP contribution >= 0.6 is 0 Å². The standard InChI is InChI=1S/C12H22N4/c1-3-6-15-7-5-11(13)12(15)10-8-14-16(4-2)9-10/h8-9,11-12H,3-7,13H2,1-2H3/t11-,12+/m1/s1. The van der Waals surface area contributed by atoms with E-state index in [1.807, 2.05) is 10.9 Å². The van der Waals surface area contributed by atoms with Crippen molar-refractivity contribution < 1.29 is 0 Å². The van der Waals surface area contributed by atoms with E-state index in [4.69, 9.17) is 5.73 Å². The van der Waals surface area contributed by atoms with Crippen molar-refractivity contribution in [1.82, 2.24) is 14.7 Å². The average molecular weight is 222 g/mol. The minimum atomic E-state index is 0.265. The molecule has 0 aromatic carbocycles. The smallest absolute Gasteiger partial charge is 0.0538 e. The van der Waals surface area contributed by atoms with Gasteiger partial charge in [-0.3, -0.25) is 9.58 Å². The van der Waals surface area contributed by atoms with Crippen molar-refractivity contribution in [1.29, 1.82) is 0 Å². The molecule has 2 N–H and O–H groups in total. The van der Waals surface area contributed by atoms with Crippen molar-refractivity contribution in [2.24, 2.45) is 5.73 Å². The highest BCUT2D eigenvalue weighted by atomic mass is 15.3. The van der Waals surface area contributed by atoms with Crippen molar-refractivity contribution in [3.63, 3.8) is 0 Å². The van der Waals surface area contributed by atoms with E-state index < -0.39 is 0 Å². The SMILES string of the molecule is CCCN1CC[C@@H](N)[C@@H]1c1cnn(CC)c1. The third-order valence-corrected chi connectivity index (χ3v) is 3.38. The van der Waals surface area contributed by atoms with Gasteiger partial charge in [-0.25, -0.2) is 0 Å². The second kappa shape index (κ2) is 4.97. The molecule has 0 bridgehead atoms. The molecule has 2 heterocycles. The molecule has 1 fully saturated rings. The molecule has 2 rings (SSSR count). The number of rotatable bonds is 4. The number of aromatic nitrogens is 2. The second-order valence-electron chi connectivity index (χ2n) is 4.56. The maximum Gasteiger partial charge on any atom is 0.0538 e. The van der Waals surface area contributed by atoms with Gasteiger partial charge in [-0.1, -0.05) is 6.92 Å². The third-order valence-electron chi connectivity index (χ3n) is 3.38. The minimum absolute atomic E-state index is 0.265. The Morgan fingerprint density at radius 1 is 1.50 bits per heavy atom. The lowest BCUT2D eigenvalue weighted by atomic mass is 10.0. The molecule has 0 unspecified atom stereocenters. The zero-order valence-corrected chi connectivity index (χ0v) is 10.3. The van der Waals surface area contributed by atoms with Crippen LogP contribution in [0.25, 0.3) is 0 Å². The Morgan fingerprint density at radius 2 is 2.31 bits per heavy atom. The Morgan fingerprint density at radius 3 is 2.94 bits per heavy atom. The fraction of sp³-hybridized carbons (Fsp3) is 0.750. The van der Waals surface area contributed by atoms with Crippen molar-refractivity contribution in [2.45, 2.75) is 45.3 Å². The first-order chi connectivity index (χ1) is 7.76. The number of hydrogen-bond acceptors (Lipinski definition) is 3. The predicted octanol–water partition coefficient (Wildman–Crippen LogP) is 1.39. The van der Waals surface area contributed by atoms with Crippen LogP contribution in [0.2, 0.25) is 0 Å². The van der Waals surface area contributed by atoms with Gasteiger partial charge >= 0.3 is 0 Å². The van der Waals surface area contributed by atoms with E-state index >= 15 is 0 Å². The number of nitrogens with two attached hydrogens (primary N) is 1. The first kappa shape index (κ1) is 11.6. The van der Waals surface area contributed by atoms with Crippen LogP contribution in [0.3, 0.4) is 0 Å². The van der Waals surface area contributed by atoms with Crippen molar-refractivity contribution >= 4 is 0 Å². The highest BCUT2D eigenvalue weighted by Gasteiger charge is 2.32. The molecule has 1 aromatic rings. The number of aryl methyl sites for hydroxylation is 1. The number of hydrogen-bond donors (Lipinski definition) is 1. The molecule has 4 heteroatoms. The highest BCUT2D eigenvalue weighted by Crippen LogP contribution is 2.30. The Bertz CT molecular complexity index is 332. The van der Waals surface area contributed by atoms with Gasteiger partial charge in [0.25, 0.3) is 0 Å². The molecule has 1 aromatic heterocycles. The molecule has 4 nitrogen and oxygen atoms in total. The van der Waals surface area contributed by atoms with E-state index in [2.05, 4.69) is 30.0 Å². The monoisotopic (exact) mass is 222 g/mol. The van der Waals surface area contributed by atoms with Gasteiger partial charge in [0, 0.05) is 30.9 Å². The maximum absolute atomic E-state index is 6.20. The molecule has 90 valence electrons. The lowest BCUT2D eigenvalue weighted by Crippen LogP contribution is -2.32. The summed E-state index contributed by atoms with van der Waals surface area (Å²) in [6, 6.07) is 0.640. The Hall–Kier alpha value is -0.870. The normalized spacial score (nSPS) is 26.4. The average Bonchev–Trinajstić information content (AvgIpc) is 2.86. The Kier molecular flexibility index (Phi) is 3.61. The van der Waals surface area contributed by atoms with Gasteiger partial charge in [-0.05, 0) is 26.3 Å². The number of likely N-dealkylation sites (tertiary alicyclic amines) is 1. The summed E-state index contributed by atoms with van der Waals surface area (Å²) < 4.78 is 1.98. The fourth-order valence-electron chi connectivity index (χ4n) is 2.58. The lowest BCUT2D eigenvalue weighted by molar-refractivity contribution is 0.248. The van der Waals surface area contributed by atoms with Crippen LogP contribution in [-0.4, -0.2) is 33.8 Å². The summed E-state index contributed by atoms with van der Waals surface area (Å²) in [4.78, 5) is 2.49. The van der Waals surface area contributed by atoms with Gasteiger partial charge < -0.3 is 5.73 Å². The summed E-state index contributed by atoms with van der Waals surface area (Å²) in [5.74, 6) is 0.